The van der Waals surface area contributed by atoms with Gasteiger partial charge in [-0.25, -0.2) is 4.39 Å². The molecule has 6 nitrogen and oxygen atoms in total. The van der Waals surface area contributed by atoms with Crippen LogP contribution >= 0.6 is 22.6 Å². The van der Waals surface area contributed by atoms with E-state index in [1.165, 1.54) is 12.1 Å². The number of halogens is 2. The molecule has 0 saturated heterocycles. The van der Waals surface area contributed by atoms with Crippen LogP contribution in [0.1, 0.15) is 13.3 Å². The summed E-state index contributed by atoms with van der Waals surface area (Å²) in [5.74, 6) is 0.0147. The molecule has 0 bridgehead atoms. The zero-order chi connectivity index (χ0) is 14.5. The number of nitrogens with one attached hydrogen (secondary N) is 1. The molecule has 0 aliphatic heterocycles. The standard InChI is InChI=1S/C12H13FIN5O/c1-2-5-20-12-18-10(15)17-11(19-12)16-9-4-3-7(13)6-8(9)14/h3-4,6H,2,5H2,1H3,(H3,15,16,17,18,19). The van der Waals surface area contributed by atoms with Gasteiger partial charge in [0.2, 0.25) is 11.9 Å². The van der Waals surface area contributed by atoms with Crippen molar-refractivity contribution in [3.63, 3.8) is 0 Å². The van der Waals surface area contributed by atoms with Gasteiger partial charge in [-0.05, 0) is 47.2 Å². The first-order chi connectivity index (χ1) is 9.58. The van der Waals surface area contributed by atoms with E-state index in [0.29, 0.717) is 15.9 Å². The Labute approximate surface area is 129 Å². The van der Waals surface area contributed by atoms with Crippen LogP contribution in [0.5, 0.6) is 6.01 Å². The molecule has 8 heteroatoms. The molecule has 0 atom stereocenters. The molecular formula is C12H13FIN5O. The van der Waals surface area contributed by atoms with Crippen molar-refractivity contribution in [3.05, 3.63) is 27.6 Å². The lowest BCUT2D eigenvalue weighted by Gasteiger charge is -2.09. The summed E-state index contributed by atoms with van der Waals surface area (Å²) >= 11 is 2.02. The highest BCUT2D eigenvalue weighted by molar-refractivity contribution is 14.1. The smallest absolute Gasteiger partial charge is 0.323 e. The minimum Gasteiger partial charge on any atom is -0.463 e. The van der Waals surface area contributed by atoms with Crippen molar-refractivity contribution < 1.29 is 9.13 Å². The molecule has 0 amide bonds. The third kappa shape index (κ3) is 3.89. The highest BCUT2D eigenvalue weighted by atomic mass is 127. The van der Waals surface area contributed by atoms with Crippen LogP contribution < -0.4 is 15.8 Å². The summed E-state index contributed by atoms with van der Waals surface area (Å²) in [7, 11) is 0. The molecular weight excluding hydrogens is 376 g/mol. The predicted molar refractivity (Wildman–Crippen MR) is 82.4 cm³/mol. The predicted octanol–water partition coefficient (Wildman–Crippen LogP) is 2.73. The Balaban J connectivity index is 2.21. The second-order valence-corrected chi connectivity index (χ2v) is 5.06. The van der Waals surface area contributed by atoms with Crippen LogP contribution in [0.25, 0.3) is 0 Å². The highest BCUT2D eigenvalue weighted by Crippen LogP contribution is 2.22. The maximum atomic E-state index is 13.0. The summed E-state index contributed by atoms with van der Waals surface area (Å²) in [4.78, 5) is 11.9. The van der Waals surface area contributed by atoms with Crippen LogP contribution in [-0.2, 0) is 0 Å². The number of nitrogen functional groups attached to an aromatic ring is 1. The number of hydrogen-bond donors (Lipinski definition) is 2. The van der Waals surface area contributed by atoms with Crippen molar-refractivity contribution in [3.8, 4) is 6.01 Å². The second kappa shape index (κ2) is 6.64. The first-order valence-corrected chi connectivity index (χ1v) is 7.02. The lowest BCUT2D eigenvalue weighted by molar-refractivity contribution is 0.292. The SMILES string of the molecule is CCCOc1nc(N)nc(Nc2ccc(F)cc2I)n1. The third-order valence-corrected chi connectivity index (χ3v) is 3.14. The molecule has 1 aromatic heterocycles. The van der Waals surface area contributed by atoms with Gasteiger partial charge in [0.05, 0.1) is 12.3 Å². The number of ether oxygens (including phenoxy) is 1. The van der Waals surface area contributed by atoms with Gasteiger partial charge in [-0.3, -0.25) is 0 Å². The molecule has 0 aliphatic carbocycles. The molecule has 2 rings (SSSR count). The summed E-state index contributed by atoms with van der Waals surface area (Å²) in [6.07, 6.45) is 0.838. The Bertz CT molecular complexity index is 610. The van der Waals surface area contributed by atoms with Crippen molar-refractivity contribution in [1.29, 1.82) is 0 Å². The highest BCUT2D eigenvalue weighted by Gasteiger charge is 2.08. The summed E-state index contributed by atoms with van der Waals surface area (Å²) < 4.78 is 19.1. The second-order valence-electron chi connectivity index (χ2n) is 3.90. The Morgan fingerprint density at radius 3 is 2.85 bits per heavy atom. The maximum Gasteiger partial charge on any atom is 0.323 e. The number of hydrogen-bond acceptors (Lipinski definition) is 6. The zero-order valence-electron chi connectivity index (χ0n) is 10.7. The van der Waals surface area contributed by atoms with E-state index in [0.717, 1.165) is 6.42 Å². The number of nitrogens with two attached hydrogens (primary N) is 1. The molecule has 2 aromatic rings. The molecule has 106 valence electrons. The van der Waals surface area contributed by atoms with Crippen molar-refractivity contribution >= 4 is 40.2 Å². The molecule has 0 radical (unpaired) electrons. The average Bonchev–Trinajstić information content (AvgIpc) is 2.39. The summed E-state index contributed by atoms with van der Waals surface area (Å²) in [5.41, 5.74) is 6.28. The van der Waals surface area contributed by atoms with Gasteiger partial charge in [-0.15, -0.1) is 0 Å². The average molecular weight is 389 g/mol. The lowest BCUT2D eigenvalue weighted by Crippen LogP contribution is -2.07. The monoisotopic (exact) mass is 389 g/mol. The third-order valence-electron chi connectivity index (χ3n) is 2.25. The fourth-order valence-corrected chi connectivity index (χ4v) is 2.01. The van der Waals surface area contributed by atoms with Crippen LogP contribution in [0, 0.1) is 9.39 Å². The zero-order valence-corrected chi connectivity index (χ0v) is 12.9. The maximum absolute atomic E-state index is 13.0. The van der Waals surface area contributed by atoms with E-state index in [1.807, 2.05) is 29.5 Å². The topological polar surface area (TPSA) is 86.0 Å². The van der Waals surface area contributed by atoms with Crippen molar-refractivity contribution in [2.75, 3.05) is 17.7 Å². The molecule has 0 aliphatic rings. The summed E-state index contributed by atoms with van der Waals surface area (Å²) in [6, 6.07) is 4.52. The molecule has 0 fully saturated rings. The van der Waals surface area contributed by atoms with Gasteiger partial charge in [-0.2, -0.15) is 15.0 Å². The van der Waals surface area contributed by atoms with Gasteiger partial charge in [0, 0.05) is 3.57 Å². The van der Waals surface area contributed by atoms with Crippen LogP contribution in [-0.4, -0.2) is 21.6 Å². The van der Waals surface area contributed by atoms with Crippen LogP contribution in [0.2, 0.25) is 0 Å². The summed E-state index contributed by atoms with van der Waals surface area (Å²) in [5, 5.41) is 2.96. The molecule has 0 saturated carbocycles. The van der Waals surface area contributed by atoms with Gasteiger partial charge < -0.3 is 15.8 Å². The summed E-state index contributed by atoms with van der Waals surface area (Å²) in [6.45, 7) is 2.47. The van der Waals surface area contributed by atoms with Crippen molar-refractivity contribution in [1.82, 2.24) is 15.0 Å². The Morgan fingerprint density at radius 2 is 2.15 bits per heavy atom. The first-order valence-electron chi connectivity index (χ1n) is 5.95. The van der Waals surface area contributed by atoms with Crippen LogP contribution in [0.15, 0.2) is 18.2 Å². The Morgan fingerprint density at radius 1 is 1.35 bits per heavy atom. The quantitative estimate of drug-likeness (QED) is 0.765. The largest absolute Gasteiger partial charge is 0.463 e. The molecule has 1 heterocycles. The van der Waals surface area contributed by atoms with E-state index >= 15 is 0 Å². The van der Waals surface area contributed by atoms with E-state index in [9.17, 15) is 4.39 Å². The number of nitrogens with zero attached hydrogens (tertiary/aromatic N) is 3. The molecule has 1 aromatic carbocycles. The number of rotatable bonds is 5. The lowest BCUT2D eigenvalue weighted by atomic mass is 10.3. The van der Waals surface area contributed by atoms with E-state index in [-0.39, 0.29) is 23.7 Å². The minimum atomic E-state index is -0.304. The molecule has 20 heavy (non-hydrogen) atoms. The first kappa shape index (κ1) is 14.7. The fourth-order valence-electron chi connectivity index (χ4n) is 1.40. The molecule has 3 N–H and O–H groups in total. The van der Waals surface area contributed by atoms with E-state index in [4.69, 9.17) is 10.5 Å². The molecule has 0 spiro atoms. The van der Waals surface area contributed by atoms with Gasteiger partial charge in [0.15, 0.2) is 0 Å². The normalized spacial score (nSPS) is 10.3. The number of benzene rings is 1. The van der Waals surface area contributed by atoms with Gasteiger partial charge in [0.25, 0.3) is 0 Å². The fraction of sp³-hybridized carbons (Fsp3) is 0.250. The Kier molecular flexibility index (Phi) is 4.88. The minimum absolute atomic E-state index is 0.0609. The molecule has 0 unspecified atom stereocenters. The van der Waals surface area contributed by atoms with Gasteiger partial charge in [0.1, 0.15) is 5.82 Å². The van der Waals surface area contributed by atoms with Crippen LogP contribution in [0.4, 0.5) is 22.0 Å². The van der Waals surface area contributed by atoms with Crippen molar-refractivity contribution in [2.45, 2.75) is 13.3 Å². The van der Waals surface area contributed by atoms with E-state index in [2.05, 4.69) is 20.3 Å². The Hall–Kier alpha value is -1.71. The van der Waals surface area contributed by atoms with Crippen molar-refractivity contribution in [2.24, 2.45) is 0 Å². The van der Waals surface area contributed by atoms with Gasteiger partial charge >= 0.3 is 6.01 Å². The number of aromatic nitrogens is 3. The number of anilines is 3. The van der Waals surface area contributed by atoms with E-state index < -0.39 is 0 Å². The van der Waals surface area contributed by atoms with Crippen LogP contribution in [0.3, 0.4) is 0 Å². The van der Waals surface area contributed by atoms with E-state index in [1.54, 1.807) is 6.07 Å². The van der Waals surface area contributed by atoms with Gasteiger partial charge in [-0.1, -0.05) is 6.92 Å².